The number of rotatable bonds is 8. The van der Waals surface area contributed by atoms with E-state index in [-0.39, 0.29) is 24.2 Å². The van der Waals surface area contributed by atoms with Crippen molar-refractivity contribution in [3.8, 4) is 5.75 Å². The number of carbonyl (C=O) groups excluding carboxylic acids is 1. The molecule has 0 aliphatic rings. The highest BCUT2D eigenvalue weighted by Crippen LogP contribution is 2.28. The van der Waals surface area contributed by atoms with Gasteiger partial charge in [0.1, 0.15) is 17.9 Å². The minimum absolute atomic E-state index is 0. The smallest absolute Gasteiger partial charge is 0.172 e. The molecule has 2 atom stereocenters. The summed E-state index contributed by atoms with van der Waals surface area (Å²) in [4.78, 5) is 12.9. The van der Waals surface area contributed by atoms with Crippen LogP contribution in [0.5, 0.6) is 5.75 Å². The van der Waals surface area contributed by atoms with Crippen molar-refractivity contribution in [2.75, 3.05) is 13.7 Å². The van der Waals surface area contributed by atoms with Gasteiger partial charge in [0.05, 0.1) is 25.6 Å². The molecule has 0 fully saturated rings. The molecule has 5 heteroatoms. The van der Waals surface area contributed by atoms with E-state index < -0.39 is 6.10 Å². The number of ketones is 1. The van der Waals surface area contributed by atoms with Gasteiger partial charge in [0.25, 0.3) is 0 Å². The zero-order valence-corrected chi connectivity index (χ0v) is 16.9. The second-order valence-corrected chi connectivity index (χ2v) is 6.78. The number of halogens is 1. The van der Waals surface area contributed by atoms with Crippen LogP contribution < -0.4 is 22.5 Å². The van der Waals surface area contributed by atoms with Crippen molar-refractivity contribution in [3.63, 3.8) is 0 Å². The van der Waals surface area contributed by atoms with Gasteiger partial charge in [0, 0.05) is 0 Å². The zero-order valence-electron chi connectivity index (χ0n) is 16.1. The van der Waals surface area contributed by atoms with Gasteiger partial charge >= 0.3 is 0 Å². The highest BCUT2D eigenvalue weighted by molar-refractivity contribution is 6.10. The first kappa shape index (κ1) is 21.9. The average Bonchev–Trinajstić information content (AvgIpc) is 2.72. The van der Waals surface area contributed by atoms with Crippen molar-refractivity contribution < 1.29 is 32.4 Å². The van der Waals surface area contributed by atoms with Gasteiger partial charge in [-0.1, -0.05) is 60.7 Å². The fraction of sp³-hybridized carbons (Fsp3) is 0.261. The molecule has 0 radical (unpaired) electrons. The van der Waals surface area contributed by atoms with Gasteiger partial charge in [-0.3, -0.25) is 4.79 Å². The summed E-state index contributed by atoms with van der Waals surface area (Å²) < 4.78 is 5.43. The Bertz CT molecular complexity index is 914. The molecule has 3 N–H and O–H groups in total. The van der Waals surface area contributed by atoms with Crippen LogP contribution in [0.2, 0.25) is 0 Å². The first-order chi connectivity index (χ1) is 13.1. The van der Waals surface area contributed by atoms with Crippen LogP contribution in [0.15, 0.2) is 66.7 Å². The lowest BCUT2D eigenvalue weighted by Gasteiger charge is -2.18. The van der Waals surface area contributed by atoms with Crippen LogP contribution in [-0.2, 0) is 0 Å². The van der Waals surface area contributed by atoms with Crippen LogP contribution >= 0.6 is 0 Å². The number of aliphatic hydroxyl groups excluding tert-OH is 1. The van der Waals surface area contributed by atoms with Gasteiger partial charge in [0.2, 0.25) is 0 Å². The summed E-state index contributed by atoms with van der Waals surface area (Å²) in [5, 5.41) is 14.4. The molecule has 0 spiro atoms. The van der Waals surface area contributed by atoms with Crippen molar-refractivity contribution in [2.24, 2.45) is 0 Å². The molecule has 0 amide bonds. The monoisotopic (exact) mass is 399 g/mol. The lowest BCUT2D eigenvalue weighted by Crippen LogP contribution is -3.00. The third kappa shape index (κ3) is 4.90. The van der Waals surface area contributed by atoms with Crippen molar-refractivity contribution in [1.82, 2.24) is 0 Å². The number of methoxy groups -OCH3 is 1. The Hall–Kier alpha value is -2.40. The normalized spacial score (nSPS) is 12.8. The molecule has 0 heterocycles. The van der Waals surface area contributed by atoms with Crippen LogP contribution in [0.4, 0.5) is 0 Å². The Kier molecular flexibility index (Phi) is 8.00. The molecule has 0 aliphatic carbocycles. The quantitative estimate of drug-likeness (QED) is 0.528. The summed E-state index contributed by atoms with van der Waals surface area (Å²) in [5.41, 5.74) is 1.53. The number of fused-ring (bicyclic) bond motifs is 1. The molecule has 0 aliphatic heterocycles. The Morgan fingerprint density at radius 1 is 1.04 bits per heavy atom. The zero-order chi connectivity index (χ0) is 19.2. The summed E-state index contributed by atoms with van der Waals surface area (Å²) in [6.45, 7) is 2.58. The number of aliphatic hydroxyl groups is 1. The van der Waals surface area contributed by atoms with E-state index in [4.69, 9.17) is 4.74 Å². The second kappa shape index (κ2) is 10.2. The predicted octanol–water partition coefficient (Wildman–Crippen LogP) is 0.111. The summed E-state index contributed by atoms with van der Waals surface area (Å²) in [7, 11) is 1.59. The summed E-state index contributed by atoms with van der Waals surface area (Å²) in [6.07, 6.45) is -0.177. The van der Waals surface area contributed by atoms with Crippen LogP contribution in [0.3, 0.4) is 0 Å². The van der Waals surface area contributed by atoms with E-state index in [1.54, 1.807) is 7.11 Å². The summed E-state index contributed by atoms with van der Waals surface area (Å²) in [6, 6.07) is 21.2. The van der Waals surface area contributed by atoms with Gasteiger partial charge in [-0.05, 0) is 29.3 Å². The summed E-state index contributed by atoms with van der Waals surface area (Å²) >= 11 is 0. The van der Waals surface area contributed by atoms with E-state index in [1.807, 2.05) is 79.0 Å². The number of hydrogen-bond donors (Lipinski definition) is 2. The molecular formula is C23H26ClNO3. The minimum atomic E-state index is -0.562. The Morgan fingerprint density at radius 3 is 2.43 bits per heavy atom. The second-order valence-electron chi connectivity index (χ2n) is 6.78. The Morgan fingerprint density at radius 2 is 1.71 bits per heavy atom. The number of benzene rings is 3. The van der Waals surface area contributed by atoms with Crippen molar-refractivity contribution in [1.29, 1.82) is 0 Å². The Balaban J connectivity index is 0.00000280. The van der Waals surface area contributed by atoms with E-state index in [2.05, 4.69) is 0 Å². The SMILES string of the molecule is COc1ccc2ccccc2c1C(=O)CC[NH2+]C(C)C(O)c1ccccc1.[Cl-]. The number of Topliss-reactive ketones (excluding diaryl/α,β-unsaturated/α-hetero) is 1. The molecule has 0 bridgehead atoms. The van der Waals surface area contributed by atoms with E-state index in [1.165, 1.54) is 0 Å². The van der Waals surface area contributed by atoms with Crippen molar-refractivity contribution in [3.05, 3.63) is 77.9 Å². The van der Waals surface area contributed by atoms with E-state index in [9.17, 15) is 9.90 Å². The maximum atomic E-state index is 12.9. The minimum Gasteiger partial charge on any atom is -1.00 e. The lowest BCUT2D eigenvalue weighted by molar-refractivity contribution is -0.693. The fourth-order valence-electron chi connectivity index (χ4n) is 3.39. The molecule has 0 saturated heterocycles. The maximum Gasteiger partial charge on any atom is 0.172 e. The topological polar surface area (TPSA) is 63.1 Å². The molecule has 3 rings (SSSR count). The maximum absolute atomic E-state index is 12.9. The first-order valence-corrected chi connectivity index (χ1v) is 9.27. The number of nitrogens with two attached hydrogens (primary N) is 1. The van der Waals surface area contributed by atoms with E-state index in [0.717, 1.165) is 16.3 Å². The number of ether oxygens (including phenoxy) is 1. The highest BCUT2D eigenvalue weighted by Gasteiger charge is 2.21. The average molecular weight is 400 g/mol. The number of hydrogen-bond acceptors (Lipinski definition) is 3. The molecule has 2 unspecified atom stereocenters. The molecule has 28 heavy (non-hydrogen) atoms. The fourth-order valence-corrected chi connectivity index (χ4v) is 3.39. The summed E-state index contributed by atoms with van der Waals surface area (Å²) in [5.74, 6) is 0.664. The third-order valence-corrected chi connectivity index (χ3v) is 4.94. The molecule has 0 aromatic heterocycles. The van der Waals surface area contributed by atoms with E-state index in [0.29, 0.717) is 24.3 Å². The van der Waals surface area contributed by atoms with Crippen LogP contribution in [-0.4, -0.2) is 30.6 Å². The largest absolute Gasteiger partial charge is 1.00 e. The molecule has 3 aromatic rings. The molecular weight excluding hydrogens is 374 g/mol. The Labute approximate surface area is 171 Å². The predicted molar refractivity (Wildman–Crippen MR) is 107 cm³/mol. The van der Waals surface area contributed by atoms with E-state index >= 15 is 0 Å². The van der Waals surface area contributed by atoms with Crippen LogP contribution in [0, 0.1) is 0 Å². The third-order valence-electron chi connectivity index (χ3n) is 4.94. The first-order valence-electron chi connectivity index (χ1n) is 9.27. The molecule has 148 valence electrons. The van der Waals surface area contributed by atoms with Gasteiger partial charge in [-0.2, -0.15) is 0 Å². The van der Waals surface area contributed by atoms with Crippen LogP contribution in [0.25, 0.3) is 10.8 Å². The number of carbonyl (C=O) groups is 1. The van der Waals surface area contributed by atoms with Crippen LogP contribution in [0.1, 0.15) is 35.4 Å². The number of quaternary nitrogens is 1. The van der Waals surface area contributed by atoms with Gasteiger partial charge in [-0.15, -0.1) is 0 Å². The highest BCUT2D eigenvalue weighted by atomic mass is 35.5. The van der Waals surface area contributed by atoms with Crippen molar-refractivity contribution in [2.45, 2.75) is 25.5 Å². The van der Waals surface area contributed by atoms with Gasteiger partial charge in [-0.25, -0.2) is 0 Å². The molecule has 4 nitrogen and oxygen atoms in total. The molecule has 3 aromatic carbocycles. The molecule has 0 saturated carbocycles. The lowest BCUT2D eigenvalue weighted by atomic mass is 9.98. The van der Waals surface area contributed by atoms with Gasteiger partial charge < -0.3 is 27.6 Å². The standard InChI is InChI=1S/C23H25NO3.ClH/c1-16(23(26)18-9-4-3-5-10-18)24-15-14-20(25)22-19-11-7-6-8-17(19)12-13-21(22)27-2;/h3-13,16,23-24,26H,14-15H2,1-2H3;1H. The van der Waals surface area contributed by atoms with Gasteiger partial charge in [0.15, 0.2) is 5.78 Å². The van der Waals surface area contributed by atoms with Crippen molar-refractivity contribution >= 4 is 16.6 Å².